The quantitative estimate of drug-likeness (QED) is 0.126. The number of ether oxygens (including phenoxy) is 2. The molecule has 0 rings (SSSR count). The van der Waals surface area contributed by atoms with Crippen LogP contribution in [0.3, 0.4) is 0 Å². The van der Waals surface area contributed by atoms with Gasteiger partial charge >= 0.3 is 55.6 Å². The lowest BCUT2D eigenvalue weighted by Gasteiger charge is -2.42. The Bertz CT molecular complexity index is 824. The van der Waals surface area contributed by atoms with Crippen molar-refractivity contribution in [2.75, 3.05) is 26.4 Å². The van der Waals surface area contributed by atoms with Gasteiger partial charge in [0, 0.05) is 12.8 Å². The van der Waals surface area contributed by atoms with E-state index < -0.39 is 94.9 Å². The van der Waals surface area contributed by atoms with Gasteiger partial charge in [0.15, 0.2) is 0 Å². The van der Waals surface area contributed by atoms with E-state index >= 15 is 0 Å². The maximum Gasteiger partial charge on any atom is 0.469 e. The summed E-state index contributed by atoms with van der Waals surface area (Å²) in [6.07, 6.45) is -19.2. The third kappa shape index (κ3) is 7.73. The lowest BCUT2D eigenvalue weighted by molar-refractivity contribution is -0.466. The molecule has 0 bridgehead atoms. The molecule has 24 heteroatoms. The largest absolute Gasteiger partial charge is 0.469 e. The lowest BCUT2D eigenvalue weighted by Crippen LogP contribution is -2.73. The maximum absolute atomic E-state index is 13.6. The molecule has 0 unspecified atom stereocenters. The summed E-state index contributed by atoms with van der Waals surface area (Å²) in [5.41, 5.74) is 0. The van der Waals surface area contributed by atoms with Gasteiger partial charge in [0.05, 0.1) is 26.4 Å². The summed E-state index contributed by atoms with van der Waals surface area (Å²) in [7, 11) is -5.05. The first-order valence-electron chi connectivity index (χ1n) is 9.04. The van der Waals surface area contributed by atoms with Crippen molar-refractivity contribution in [1.82, 2.24) is 0 Å². The predicted octanol–water partition coefficient (Wildman–Crippen LogP) is 5.88. The third-order valence-corrected chi connectivity index (χ3v) is 4.64. The second-order valence-electron chi connectivity index (χ2n) is 6.99. The van der Waals surface area contributed by atoms with E-state index in [0.29, 0.717) is 0 Å². The number of halogens is 17. The zero-order valence-electron chi connectivity index (χ0n) is 17.6. The number of phosphoric acid groups is 1. The monoisotopic (exact) mass is 632 g/mol. The summed E-state index contributed by atoms with van der Waals surface area (Å²) < 4.78 is 246. The third-order valence-electron chi connectivity index (χ3n) is 4.12. The SMILES string of the molecule is O=P(O)(O)OCCOCCOC(F)(F)C(F)(F)C(F)(F)C(F)(F)C(F)(F)C(F)(F)C(F)(F)CCC(F)(F)F. The molecular weight excluding hydrogens is 618 g/mol. The maximum atomic E-state index is 13.6. The van der Waals surface area contributed by atoms with Crippen molar-refractivity contribution in [2.45, 2.75) is 60.7 Å². The summed E-state index contributed by atoms with van der Waals surface area (Å²) in [6, 6.07) is 0. The minimum Gasteiger partial charge on any atom is -0.377 e. The molecule has 0 aliphatic carbocycles. The van der Waals surface area contributed by atoms with Crippen molar-refractivity contribution in [2.24, 2.45) is 0 Å². The highest BCUT2D eigenvalue weighted by Gasteiger charge is 2.93. The van der Waals surface area contributed by atoms with Crippen LogP contribution in [-0.2, 0) is 18.6 Å². The van der Waals surface area contributed by atoms with Crippen LogP contribution in [0.4, 0.5) is 74.6 Å². The summed E-state index contributed by atoms with van der Waals surface area (Å²) in [5, 5.41) is 0. The summed E-state index contributed by atoms with van der Waals surface area (Å²) in [4.78, 5) is 16.6. The Kier molecular flexibility index (Phi) is 11.0. The fourth-order valence-corrected chi connectivity index (χ4v) is 2.41. The van der Waals surface area contributed by atoms with E-state index in [1.807, 2.05) is 0 Å². The Morgan fingerprint density at radius 2 is 0.921 bits per heavy atom. The second kappa shape index (κ2) is 11.4. The highest BCUT2D eigenvalue weighted by molar-refractivity contribution is 7.46. The Morgan fingerprint density at radius 1 is 0.526 bits per heavy atom. The second-order valence-corrected chi connectivity index (χ2v) is 8.23. The molecule has 0 amide bonds. The van der Waals surface area contributed by atoms with Gasteiger partial charge in [-0.15, -0.1) is 0 Å². The van der Waals surface area contributed by atoms with Crippen LogP contribution in [0.2, 0.25) is 0 Å². The summed E-state index contributed by atoms with van der Waals surface area (Å²) in [5.74, 6) is -47.9. The van der Waals surface area contributed by atoms with E-state index in [1.54, 1.807) is 0 Å². The predicted molar refractivity (Wildman–Crippen MR) is 84.7 cm³/mol. The average molecular weight is 632 g/mol. The highest BCUT2D eigenvalue weighted by atomic mass is 31.2. The fourth-order valence-electron chi connectivity index (χ4n) is 2.10. The van der Waals surface area contributed by atoms with Gasteiger partial charge in [-0.25, -0.2) is 4.57 Å². The van der Waals surface area contributed by atoms with Crippen LogP contribution < -0.4 is 0 Å². The van der Waals surface area contributed by atoms with E-state index in [2.05, 4.69) is 14.0 Å². The van der Waals surface area contributed by atoms with E-state index in [9.17, 15) is 79.2 Å². The van der Waals surface area contributed by atoms with Crippen molar-refractivity contribution in [3.05, 3.63) is 0 Å². The van der Waals surface area contributed by atoms with Gasteiger partial charge in [0.1, 0.15) is 0 Å². The van der Waals surface area contributed by atoms with E-state index in [-0.39, 0.29) is 0 Å². The Labute approximate surface area is 199 Å². The Hall–Kier alpha value is -1.16. The molecule has 2 N–H and O–H groups in total. The molecule has 0 atom stereocenters. The van der Waals surface area contributed by atoms with Gasteiger partial charge < -0.3 is 19.3 Å². The fraction of sp³-hybridized carbons (Fsp3) is 1.00. The van der Waals surface area contributed by atoms with Gasteiger partial charge in [-0.1, -0.05) is 0 Å². The van der Waals surface area contributed by atoms with Crippen LogP contribution in [-0.4, -0.2) is 84.0 Å². The molecule has 0 aliphatic rings. The molecule has 0 saturated heterocycles. The summed E-state index contributed by atoms with van der Waals surface area (Å²) >= 11 is 0. The number of rotatable bonds is 16. The van der Waals surface area contributed by atoms with Crippen LogP contribution in [0.25, 0.3) is 0 Å². The molecule has 0 fully saturated rings. The number of phosphoric ester groups is 1. The molecule has 0 aromatic rings. The Balaban J connectivity index is 5.80. The smallest absolute Gasteiger partial charge is 0.377 e. The van der Waals surface area contributed by atoms with Crippen molar-refractivity contribution < 1.29 is 103 Å². The van der Waals surface area contributed by atoms with Gasteiger partial charge in [0.2, 0.25) is 0 Å². The lowest BCUT2D eigenvalue weighted by atomic mass is 9.89. The van der Waals surface area contributed by atoms with Crippen LogP contribution in [0, 0.1) is 0 Å². The minimum atomic E-state index is -8.47. The van der Waals surface area contributed by atoms with Crippen LogP contribution in [0.5, 0.6) is 0 Å². The first-order valence-corrected chi connectivity index (χ1v) is 10.6. The average Bonchev–Trinajstić information content (AvgIpc) is 2.69. The summed E-state index contributed by atoms with van der Waals surface area (Å²) in [6.45, 7) is -5.27. The minimum absolute atomic E-state index is 0.922. The van der Waals surface area contributed by atoms with E-state index in [1.165, 1.54) is 0 Å². The molecule has 0 aliphatic heterocycles. The van der Waals surface area contributed by atoms with Crippen molar-refractivity contribution in [3.63, 3.8) is 0 Å². The first-order chi connectivity index (χ1) is 16.4. The van der Waals surface area contributed by atoms with E-state index in [4.69, 9.17) is 9.79 Å². The number of hydrogen-bond donors (Lipinski definition) is 2. The van der Waals surface area contributed by atoms with Crippen molar-refractivity contribution in [1.29, 1.82) is 0 Å². The number of alkyl halides is 17. The molecular formula is C14H14F17O6P. The van der Waals surface area contributed by atoms with Gasteiger partial charge in [-0.05, 0) is 0 Å². The van der Waals surface area contributed by atoms with Gasteiger partial charge in [-0.3, -0.25) is 4.52 Å². The van der Waals surface area contributed by atoms with Crippen LogP contribution >= 0.6 is 7.82 Å². The topological polar surface area (TPSA) is 85.2 Å². The standard InChI is InChI=1S/C14H14F17O6P/c15-7(16,1-2-8(17,18)19)9(20,21)10(22,23)11(24,25)12(26,27)13(28,29)14(30,31)36-5-3-35-4-6-37-38(32,33)34/h1-6H2,(H2,32,33,34). The van der Waals surface area contributed by atoms with Crippen LogP contribution in [0.1, 0.15) is 12.8 Å². The molecule has 0 aromatic carbocycles. The zero-order chi connectivity index (χ0) is 30.9. The van der Waals surface area contributed by atoms with Gasteiger partial charge in [0.25, 0.3) is 0 Å². The molecule has 230 valence electrons. The number of hydrogen-bond acceptors (Lipinski definition) is 4. The molecule has 0 aromatic heterocycles. The van der Waals surface area contributed by atoms with E-state index in [0.717, 1.165) is 0 Å². The molecule has 38 heavy (non-hydrogen) atoms. The van der Waals surface area contributed by atoms with Crippen molar-refractivity contribution >= 4 is 7.82 Å². The van der Waals surface area contributed by atoms with Gasteiger partial charge in [-0.2, -0.15) is 74.6 Å². The zero-order valence-corrected chi connectivity index (χ0v) is 18.5. The Morgan fingerprint density at radius 3 is 1.34 bits per heavy atom. The normalized spacial score (nSPS) is 15.8. The van der Waals surface area contributed by atoms with Crippen molar-refractivity contribution in [3.8, 4) is 0 Å². The van der Waals surface area contributed by atoms with Crippen LogP contribution in [0.15, 0.2) is 0 Å². The molecule has 0 heterocycles. The molecule has 0 saturated carbocycles. The highest BCUT2D eigenvalue weighted by Crippen LogP contribution is 2.62. The molecule has 6 nitrogen and oxygen atoms in total. The first kappa shape index (κ1) is 36.8. The molecule has 0 radical (unpaired) electrons. The molecule has 0 spiro atoms.